The van der Waals surface area contributed by atoms with E-state index in [0.717, 1.165) is 31.0 Å². The first-order valence-corrected chi connectivity index (χ1v) is 11.9. The molecule has 4 nitrogen and oxygen atoms in total. The van der Waals surface area contributed by atoms with Crippen LogP contribution in [0.25, 0.3) is 0 Å². The number of amides is 2. The molecule has 2 amide bonds. The zero-order valence-corrected chi connectivity index (χ0v) is 20.0. The number of nitrogens with zero attached hydrogens (tertiary/aromatic N) is 1. The van der Waals surface area contributed by atoms with Gasteiger partial charge in [0.2, 0.25) is 0 Å². The van der Waals surface area contributed by atoms with E-state index in [2.05, 4.69) is 15.6 Å². The molecular formula is C27H24F7N3O. The van der Waals surface area contributed by atoms with E-state index in [-0.39, 0.29) is 23.7 Å². The van der Waals surface area contributed by atoms with Crippen LogP contribution in [0.2, 0.25) is 0 Å². The lowest BCUT2D eigenvalue weighted by Crippen LogP contribution is -2.54. The molecule has 4 rings (SSSR count). The summed E-state index contributed by atoms with van der Waals surface area (Å²) in [7, 11) is 0. The summed E-state index contributed by atoms with van der Waals surface area (Å²) in [5, 5.41) is 5.46. The minimum absolute atomic E-state index is 0.178. The maximum Gasteiger partial charge on any atom is 0.417 e. The summed E-state index contributed by atoms with van der Waals surface area (Å²) in [5.74, 6) is -1.22. The van der Waals surface area contributed by atoms with Gasteiger partial charge in [0.1, 0.15) is 11.4 Å². The van der Waals surface area contributed by atoms with Crippen molar-refractivity contribution in [3.63, 3.8) is 0 Å². The maximum atomic E-state index is 14.6. The zero-order valence-electron chi connectivity index (χ0n) is 20.0. The highest BCUT2D eigenvalue weighted by Gasteiger charge is 2.42. The molecule has 1 atom stereocenters. The van der Waals surface area contributed by atoms with E-state index in [9.17, 15) is 35.5 Å². The molecule has 1 heterocycles. The number of urea groups is 1. The van der Waals surface area contributed by atoms with E-state index < -0.39 is 40.9 Å². The number of alkyl halides is 6. The second-order valence-corrected chi connectivity index (χ2v) is 9.30. The molecule has 1 saturated carbocycles. The molecule has 3 aromatic rings. The van der Waals surface area contributed by atoms with Crippen molar-refractivity contribution in [2.45, 2.75) is 56.0 Å². The lowest BCUT2D eigenvalue weighted by Gasteiger charge is -2.36. The largest absolute Gasteiger partial charge is 0.417 e. The van der Waals surface area contributed by atoms with Gasteiger partial charge in [0.05, 0.1) is 16.8 Å². The normalized spacial score (nSPS) is 16.2. The molecule has 38 heavy (non-hydrogen) atoms. The van der Waals surface area contributed by atoms with Crippen LogP contribution < -0.4 is 10.6 Å². The minimum atomic E-state index is -4.92. The molecule has 0 bridgehead atoms. The predicted octanol–water partition coefficient (Wildman–Crippen LogP) is 6.99. The molecule has 0 aliphatic heterocycles. The van der Waals surface area contributed by atoms with E-state index in [1.54, 1.807) is 30.3 Å². The summed E-state index contributed by atoms with van der Waals surface area (Å²) in [6.45, 7) is 0. The van der Waals surface area contributed by atoms with Crippen LogP contribution in [0.3, 0.4) is 0 Å². The van der Waals surface area contributed by atoms with Crippen molar-refractivity contribution in [3.8, 4) is 0 Å². The van der Waals surface area contributed by atoms with Crippen LogP contribution in [-0.2, 0) is 24.3 Å². The fourth-order valence-corrected chi connectivity index (χ4v) is 4.72. The Kier molecular flexibility index (Phi) is 7.66. The van der Waals surface area contributed by atoms with E-state index >= 15 is 0 Å². The number of carbonyl (C=O) groups excluding carboxylic acids is 1. The van der Waals surface area contributed by atoms with Crippen LogP contribution >= 0.6 is 0 Å². The van der Waals surface area contributed by atoms with Crippen LogP contribution in [0.15, 0.2) is 66.9 Å². The van der Waals surface area contributed by atoms with Gasteiger partial charge in [0.25, 0.3) is 0 Å². The smallest absolute Gasteiger partial charge is 0.335 e. The Balaban J connectivity index is 1.91. The van der Waals surface area contributed by atoms with Crippen LogP contribution in [0.5, 0.6) is 0 Å². The number of hydrogen-bond acceptors (Lipinski definition) is 2. The van der Waals surface area contributed by atoms with E-state index in [1.807, 2.05) is 0 Å². The van der Waals surface area contributed by atoms with E-state index in [4.69, 9.17) is 0 Å². The topological polar surface area (TPSA) is 54.0 Å². The lowest BCUT2D eigenvalue weighted by atomic mass is 9.79. The molecule has 2 aromatic carbocycles. The predicted molar refractivity (Wildman–Crippen MR) is 125 cm³/mol. The maximum absolute atomic E-state index is 14.6. The third-order valence-corrected chi connectivity index (χ3v) is 6.58. The standard InChI is InChI=1S/C27H24F7N3O/c28-21-13-19(12-20(14-21)27(32,33)34)25(15-17-6-2-1-3-7-17,37-24(38)36-22-8-4-5-9-22)23-11-10-18(16-35-23)26(29,30)31/h1-3,6-7,10-14,16,22H,4-5,8-9,15H2,(H2,36,37,38)/t25-/m0/s1. The Morgan fingerprint density at radius 3 is 2.05 bits per heavy atom. The monoisotopic (exact) mass is 539 g/mol. The minimum Gasteiger partial charge on any atom is -0.335 e. The Labute approximate surface area is 214 Å². The molecule has 0 spiro atoms. The lowest BCUT2D eigenvalue weighted by molar-refractivity contribution is -0.138. The fourth-order valence-electron chi connectivity index (χ4n) is 4.72. The second-order valence-electron chi connectivity index (χ2n) is 9.30. The van der Waals surface area contributed by atoms with Crippen molar-refractivity contribution >= 4 is 6.03 Å². The van der Waals surface area contributed by atoms with Gasteiger partial charge in [-0.1, -0.05) is 43.2 Å². The number of nitrogens with one attached hydrogen (secondary N) is 2. The summed E-state index contributed by atoms with van der Waals surface area (Å²) < 4.78 is 95.5. The van der Waals surface area contributed by atoms with Crippen molar-refractivity contribution < 1.29 is 35.5 Å². The Morgan fingerprint density at radius 2 is 1.47 bits per heavy atom. The third-order valence-electron chi connectivity index (χ3n) is 6.58. The van der Waals surface area contributed by atoms with Crippen molar-refractivity contribution in [1.29, 1.82) is 0 Å². The summed E-state index contributed by atoms with van der Waals surface area (Å²) in [5.41, 5.74) is -4.32. The average molecular weight is 539 g/mol. The highest BCUT2D eigenvalue weighted by molar-refractivity contribution is 5.76. The Hall–Kier alpha value is -3.63. The molecule has 202 valence electrons. The van der Waals surface area contributed by atoms with Crippen LogP contribution in [-0.4, -0.2) is 17.1 Å². The average Bonchev–Trinajstić information content (AvgIpc) is 3.36. The van der Waals surface area contributed by atoms with Crippen molar-refractivity contribution in [1.82, 2.24) is 15.6 Å². The highest BCUT2D eigenvalue weighted by atomic mass is 19.4. The van der Waals surface area contributed by atoms with E-state index in [0.29, 0.717) is 36.7 Å². The van der Waals surface area contributed by atoms with E-state index in [1.165, 1.54) is 0 Å². The number of pyridine rings is 1. The van der Waals surface area contributed by atoms with Gasteiger partial charge in [-0.3, -0.25) is 4.98 Å². The number of hydrogen-bond donors (Lipinski definition) is 2. The van der Waals surface area contributed by atoms with Gasteiger partial charge in [-0.2, -0.15) is 26.3 Å². The van der Waals surface area contributed by atoms with Crippen molar-refractivity contribution in [2.24, 2.45) is 0 Å². The molecule has 1 aromatic heterocycles. The summed E-state index contributed by atoms with van der Waals surface area (Å²) in [6.07, 6.45) is -6.14. The summed E-state index contributed by atoms with van der Waals surface area (Å²) in [4.78, 5) is 17.1. The van der Waals surface area contributed by atoms with Gasteiger partial charge in [-0.25, -0.2) is 9.18 Å². The van der Waals surface area contributed by atoms with Crippen LogP contribution in [0, 0.1) is 5.82 Å². The first-order chi connectivity index (χ1) is 17.9. The molecule has 0 saturated heterocycles. The van der Waals surface area contributed by atoms with Crippen molar-refractivity contribution in [3.05, 3.63) is 101 Å². The molecule has 0 unspecified atom stereocenters. The van der Waals surface area contributed by atoms with Gasteiger partial charge < -0.3 is 10.6 Å². The molecule has 1 aliphatic rings. The second kappa shape index (κ2) is 10.6. The molecule has 2 N–H and O–H groups in total. The molecule has 0 radical (unpaired) electrons. The quantitative estimate of drug-likeness (QED) is 0.332. The van der Waals surface area contributed by atoms with Gasteiger partial charge in [-0.05, 0) is 54.3 Å². The first-order valence-electron chi connectivity index (χ1n) is 11.9. The van der Waals surface area contributed by atoms with Crippen LogP contribution in [0.4, 0.5) is 35.5 Å². The fraction of sp³-hybridized carbons (Fsp3) is 0.333. The van der Waals surface area contributed by atoms with Gasteiger partial charge >= 0.3 is 18.4 Å². The number of carbonyl (C=O) groups is 1. The first kappa shape index (κ1) is 27.4. The number of rotatable bonds is 6. The SMILES string of the molecule is O=C(NC1CCCC1)N[C@@](Cc1ccccc1)(c1cc(F)cc(C(F)(F)F)c1)c1ccc(C(F)(F)F)cn1. The zero-order chi connectivity index (χ0) is 27.6. The Bertz CT molecular complexity index is 1250. The Morgan fingerprint density at radius 1 is 0.842 bits per heavy atom. The van der Waals surface area contributed by atoms with Crippen molar-refractivity contribution in [2.75, 3.05) is 0 Å². The van der Waals surface area contributed by atoms with Gasteiger partial charge in [-0.15, -0.1) is 0 Å². The molecule has 1 aliphatic carbocycles. The molecule has 11 heteroatoms. The van der Waals surface area contributed by atoms with Gasteiger partial charge in [0, 0.05) is 18.7 Å². The van der Waals surface area contributed by atoms with Gasteiger partial charge in [0.15, 0.2) is 0 Å². The molecular weight excluding hydrogens is 515 g/mol. The third kappa shape index (κ3) is 6.25. The number of benzene rings is 2. The summed E-state index contributed by atoms with van der Waals surface area (Å²) in [6, 6.07) is 10.9. The van der Waals surface area contributed by atoms with Crippen LogP contribution in [0.1, 0.15) is 53.6 Å². The number of aromatic nitrogens is 1. The number of halogens is 7. The highest BCUT2D eigenvalue weighted by Crippen LogP contribution is 2.38. The molecule has 1 fully saturated rings. The summed E-state index contributed by atoms with van der Waals surface area (Å²) >= 11 is 0.